The first kappa shape index (κ1) is 21.9. The summed E-state index contributed by atoms with van der Waals surface area (Å²) in [5.74, 6) is 2.40. The molecule has 0 N–H and O–H groups in total. The smallest absolute Gasteiger partial charge is 0.261 e. The van der Waals surface area contributed by atoms with Gasteiger partial charge < -0.3 is 4.90 Å². The van der Waals surface area contributed by atoms with E-state index in [1.165, 1.54) is 12.8 Å². The fourth-order valence-electron chi connectivity index (χ4n) is 4.74. The van der Waals surface area contributed by atoms with Crippen LogP contribution in [0, 0.1) is 5.92 Å². The number of nitrogens with zero attached hydrogens (tertiary/aromatic N) is 4. The van der Waals surface area contributed by atoms with Crippen molar-refractivity contribution in [3.05, 3.63) is 51.9 Å². The van der Waals surface area contributed by atoms with E-state index in [4.69, 9.17) is 16.6 Å². The predicted molar refractivity (Wildman–Crippen MR) is 129 cm³/mol. The van der Waals surface area contributed by atoms with Crippen LogP contribution in [-0.2, 0) is 6.54 Å². The van der Waals surface area contributed by atoms with Gasteiger partial charge in [0.05, 0.1) is 5.69 Å². The van der Waals surface area contributed by atoms with Crippen molar-refractivity contribution in [3.63, 3.8) is 0 Å². The zero-order valence-corrected chi connectivity index (χ0v) is 19.6. The van der Waals surface area contributed by atoms with Crippen LogP contribution in [0.15, 0.2) is 41.3 Å². The average molecular weight is 441 g/mol. The Balaban J connectivity index is 1.82. The fourth-order valence-corrected chi connectivity index (χ4v) is 4.87. The van der Waals surface area contributed by atoms with E-state index in [0.29, 0.717) is 17.0 Å². The van der Waals surface area contributed by atoms with Crippen LogP contribution in [-0.4, -0.2) is 26.5 Å². The molecule has 2 aromatic heterocycles. The highest BCUT2D eigenvalue weighted by atomic mass is 35.5. The Labute approximate surface area is 189 Å². The number of benzene rings is 1. The summed E-state index contributed by atoms with van der Waals surface area (Å²) in [6.45, 7) is 8.65. The first-order chi connectivity index (χ1) is 15.0. The van der Waals surface area contributed by atoms with Gasteiger partial charge in [0, 0.05) is 42.0 Å². The number of anilines is 1. The Morgan fingerprint density at radius 3 is 2.68 bits per heavy atom. The van der Waals surface area contributed by atoms with Crippen molar-refractivity contribution in [3.8, 4) is 11.3 Å². The van der Waals surface area contributed by atoms with Gasteiger partial charge in [-0.1, -0.05) is 57.3 Å². The van der Waals surface area contributed by atoms with Crippen molar-refractivity contribution in [2.75, 3.05) is 11.4 Å². The minimum atomic E-state index is -0.0142. The number of rotatable bonds is 8. The highest BCUT2D eigenvalue weighted by Gasteiger charge is 2.28. The molecule has 166 valence electrons. The van der Waals surface area contributed by atoms with Crippen molar-refractivity contribution < 1.29 is 0 Å². The molecule has 1 aliphatic rings. The van der Waals surface area contributed by atoms with E-state index in [9.17, 15) is 4.79 Å². The standard InChI is InChI=1S/C25H33ClN4O/c1-4-5-6-13-29-23(28-14-7-8-21(28)15-18(2)3)16-24(31)30-17-22(27-25(29)30)19-9-11-20(26)12-10-19/h9-12,16-18,21H,4-8,13-15H2,1-3H3. The summed E-state index contributed by atoms with van der Waals surface area (Å²) in [5.41, 5.74) is 1.75. The third-order valence-electron chi connectivity index (χ3n) is 6.24. The summed E-state index contributed by atoms with van der Waals surface area (Å²) in [5, 5.41) is 0.694. The maximum Gasteiger partial charge on any atom is 0.261 e. The van der Waals surface area contributed by atoms with Crippen LogP contribution in [0.4, 0.5) is 5.82 Å². The van der Waals surface area contributed by atoms with Crippen LogP contribution < -0.4 is 10.5 Å². The van der Waals surface area contributed by atoms with E-state index < -0.39 is 0 Å². The Morgan fingerprint density at radius 1 is 1.19 bits per heavy atom. The van der Waals surface area contributed by atoms with Crippen LogP contribution >= 0.6 is 11.6 Å². The molecule has 31 heavy (non-hydrogen) atoms. The number of hydrogen-bond donors (Lipinski definition) is 0. The van der Waals surface area contributed by atoms with E-state index in [2.05, 4.69) is 30.2 Å². The molecule has 1 unspecified atom stereocenters. The number of aryl methyl sites for hydroxylation is 1. The van der Waals surface area contributed by atoms with Gasteiger partial charge in [0.1, 0.15) is 5.82 Å². The summed E-state index contributed by atoms with van der Waals surface area (Å²) < 4.78 is 3.97. The zero-order chi connectivity index (χ0) is 22.0. The van der Waals surface area contributed by atoms with Crippen LogP contribution in [0.25, 0.3) is 17.0 Å². The van der Waals surface area contributed by atoms with Crippen LogP contribution in [0.2, 0.25) is 5.02 Å². The second kappa shape index (κ2) is 9.47. The highest BCUT2D eigenvalue weighted by molar-refractivity contribution is 6.30. The molecule has 1 atom stereocenters. The molecule has 0 amide bonds. The molecule has 0 radical (unpaired) electrons. The van der Waals surface area contributed by atoms with Gasteiger partial charge in [0.2, 0.25) is 5.78 Å². The average Bonchev–Trinajstić information content (AvgIpc) is 3.37. The minimum absolute atomic E-state index is 0.0142. The van der Waals surface area contributed by atoms with Crippen LogP contribution in [0.1, 0.15) is 59.3 Å². The predicted octanol–water partition coefficient (Wildman–Crippen LogP) is 6.02. The monoisotopic (exact) mass is 440 g/mol. The van der Waals surface area contributed by atoms with E-state index in [0.717, 1.165) is 61.6 Å². The SMILES string of the molecule is CCCCCn1c(N2CCCC2CC(C)C)cc(=O)n2cc(-c3ccc(Cl)cc3)nc12. The second-order valence-corrected chi connectivity index (χ2v) is 9.56. The van der Waals surface area contributed by atoms with Crippen LogP contribution in [0.5, 0.6) is 0 Å². The molecule has 3 heterocycles. The first-order valence-corrected chi connectivity index (χ1v) is 12.0. The van der Waals surface area contributed by atoms with E-state index >= 15 is 0 Å². The van der Waals surface area contributed by atoms with Gasteiger partial charge in [-0.3, -0.25) is 13.8 Å². The van der Waals surface area contributed by atoms with E-state index in [1.807, 2.05) is 36.5 Å². The molecule has 1 aliphatic heterocycles. The maximum absolute atomic E-state index is 13.1. The Bertz CT molecular complexity index is 1080. The molecule has 0 spiro atoms. The topological polar surface area (TPSA) is 42.5 Å². The van der Waals surface area contributed by atoms with Crippen molar-refractivity contribution in [2.45, 2.75) is 71.9 Å². The van der Waals surface area contributed by atoms with E-state index in [1.54, 1.807) is 4.40 Å². The van der Waals surface area contributed by atoms with E-state index in [-0.39, 0.29) is 5.56 Å². The van der Waals surface area contributed by atoms with Gasteiger partial charge in [-0.15, -0.1) is 0 Å². The molecular formula is C25H33ClN4O. The van der Waals surface area contributed by atoms with Crippen molar-refractivity contribution in [2.24, 2.45) is 5.92 Å². The molecule has 6 heteroatoms. The van der Waals surface area contributed by atoms with Gasteiger partial charge in [0.15, 0.2) is 0 Å². The number of aromatic nitrogens is 3. The maximum atomic E-state index is 13.1. The third kappa shape index (κ3) is 4.67. The zero-order valence-electron chi connectivity index (χ0n) is 18.9. The molecule has 0 saturated carbocycles. The lowest BCUT2D eigenvalue weighted by atomic mass is 10.0. The quantitative estimate of drug-likeness (QED) is 0.402. The van der Waals surface area contributed by atoms with Crippen molar-refractivity contribution in [1.82, 2.24) is 14.0 Å². The molecular weight excluding hydrogens is 408 g/mol. The Kier molecular flexibility index (Phi) is 6.71. The van der Waals surface area contributed by atoms with Gasteiger partial charge in [-0.05, 0) is 43.7 Å². The largest absolute Gasteiger partial charge is 0.355 e. The normalized spacial score (nSPS) is 16.7. The minimum Gasteiger partial charge on any atom is -0.355 e. The van der Waals surface area contributed by atoms with Crippen molar-refractivity contribution >= 4 is 23.2 Å². The lowest BCUT2D eigenvalue weighted by molar-refractivity contribution is 0.485. The second-order valence-electron chi connectivity index (χ2n) is 9.12. The van der Waals surface area contributed by atoms with Gasteiger partial charge in [-0.2, -0.15) is 0 Å². The first-order valence-electron chi connectivity index (χ1n) is 11.6. The Morgan fingerprint density at radius 2 is 1.97 bits per heavy atom. The summed E-state index contributed by atoms with van der Waals surface area (Å²) in [7, 11) is 0. The fraction of sp³-hybridized carbons (Fsp3) is 0.520. The van der Waals surface area contributed by atoms with Gasteiger partial charge >= 0.3 is 0 Å². The third-order valence-corrected chi connectivity index (χ3v) is 6.49. The lowest BCUT2D eigenvalue weighted by Gasteiger charge is -2.30. The molecule has 1 aromatic carbocycles. The summed E-state index contributed by atoms with van der Waals surface area (Å²) in [4.78, 5) is 20.5. The molecule has 4 rings (SSSR count). The van der Waals surface area contributed by atoms with Gasteiger partial charge in [0.25, 0.3) is 5.56 Å². The molecule has 0 bridgehead atoms. The molecule has 1 fully saturated rings. The Hall–Kier alpha value is -2.27. The highest BCUT2D eigenvalue weighted by Crippen LogP contribution is 2.30. The summed E-state index contributed by atoms with van der Waals surface area (Å²) in [6.07, 6.45) is 8.78. The molecule has 1 saturated heterocycles. The summed E-state index contributed by atoms with van der Waals surface area (Å²) >= 11 is 6.06. The number of unbranched alkanes of at least 4 members (excludes halogenated alkanes) is 2. The molecule has 0 aliphatic carbocycles. The summed E-state index contributed by atoms with van der Waals surface area (Å²) in [6, 6.07) is 9.95. The number of fused-ring (bicyclic) bond motifs is 1. The van der Waals surface area contributed by atoms with Crippen LogP contribution in [0.3, 0.4) is 0 Å². The molecule has 5 nitrogen and oxygen atoms in total. The number of imidazole rings is 1. The lowest BCUT2D eigenvalue weighted by Crippen LogP contribution is -2.35. The van der Waals surface area contributed by atoms with Gasteiger partial charge in [-0.25, -0.2) is 4.98 Å². The molecule has 3 aromatic rings. The number of halogens is 1. The van der Waals surface area contributed by atoms with Crippen molar-refractivity contribution in [1.29, 1.82) is 0 Å². The number of hydrogen-bond acceptors (Lipinski definition) is 3.